The topological polar surface area (TPSA) is 21.3 Å². The molecule has 0 aromatic heterocycles. The van der Waals surface area contributed by atoms with Gasteiger partial charge in [0.05, 0.1) is 6.61 Å². The summed E-state index contributed by atoms with van der Waals surface area (Å²) >= 11 is 0. The Bertz CT molecular complexity index is 299. The molecule has 102 valence electrons. The van der Waals surface area contributed by atoms with Crippen molar-refractivity contribution in [2.24, 2.45) is 0 Å². The van der Waals surface area contributed by atoms with Gasteiger partial charge in [0.1, 0.15) is 0 Å². The number of hydrogen-bond donors (Lipinski definition) is 1. The number of nitrogens with one attached hydrogen (secondary N) is 1. The Morgan fingerprint density at radius 1 is 1.06 bits per heavy atom. The molecule has 0 aliphatic heterocycles. The number of hydrogen-bond acceptors (Lipinski definition) is 2. The lowest BCUT2D eigenvalue weighted by atomic mass is 10.0. The molecule has 0 amide bonds. The fourth-order valence-corrected chi connectivity index (χ4v) is 1.99. The van der Waals surface area contributed by atoms with Crippen molar-refractivity contribution < 1.29 is 4.74 Å². The van der Waals surface area contributed by atoms with Crippen LogP contribution in [0.5, 0.6) is 0 Å². The van der Waals surface area contributed by atoms with Crippen molar-refractivity contribution in [1.82, 2.24) is 5.32 Å². The minimum absolute atomic E-state index is 0.428. The average Bonchev–Trinajstić information content (AvgIpc) is 2.42. The first-order chi connectivity index (χ1) is 8.80. The molecule has 1 unspecified atom stereocenters. The smallest absolute Gasteiger partial charge is 0.0622 e. The number of aryl methyl sites for hydroxylation is 1. The molecular weight excluding hydrogens is 222 g/mol. The molecule has 1 aromatic carbocycles. The third-order valence-electron chi connectivity index (χ3n) is 3.12. The number of benzene rings is 1. The van der Waals surface area contributed by atoms with Crippen molar-refractivity contribution in [1.29, 1.82) is 0 Å². The zero-order chi connectivity index (χ0) is 13.2. The molecule has 2 nitrogen and oxygen atoms in total. The van der Waals surface area contributed by atoms with E-state index >= 15 is 0 Å². The van der Waals surface area contributed by atoms with E-state index in [-0.39, 0.29) is 0 Å². The van der Waals surface area contributed by atoms with Crippen LogP contribution in [0.25, 0.3) is 0 Å². The van der Waals surface area contributed by atoms with Crippen LogP contribution in [0.1, 0.15) is 38.3 Å². The van der Waals surface area contributed by atoms with Gasteiger partial charge in [0.15, 0.2) is 0 Å². The molecule has 18 heavy (non-hydrogen) atoms. The maximum absolute atomic E-state index is 5.55. The van der Waals surface area contributed by atoms with Crippen molar-refractivity contribution in [3.8, 4) is 0 Å². The van der Waals surface area contributed by atoms with Crippen LogP contribution >= 0.6 is 0 Å². The highest BCUT2D eigenvalue weighted by atomic mass is 16.5. The summed E-state index contributed by atoms with van der Waals surface area (Å²) in [6, 6.07) is 9.37. The van der Waals surface area contributed by atoms with Gasteiger partial charge < -0.3 is 10.1 Å². The average molecular weight is 249 g/mol. The summed E-state index contributed by atoms with van der Waals surface area (Å²) in [5.74, 6) is 0. The Labute approximate surface area is 112 Å². The molecule has 0 spiro atoms. The van der Waals surface area contributed by atoms with E-state index in [2.05, 4.69) is 43.4 Å². The molecule has 0 bridgehead atoms. The second-order valence-corrected chi connectivity index (χ2v) is 4.68. The largest absolute Gasteiger partial charge is 0.380 e. The van der Waals surface area contributed by atoms with Gasteiger partial charge in [-0.15, -0.1) is 0 Å². The highest BCUT2D eigenvalue weighted by Crippen LogP contribution is 2.08. The van der Waals surface area contributed by atoms with E-state index in [1.54, 1.807) is 0 Å². The van der Waals surface area contributed by atoms with E-state index in [1.165, 1.54) is 11.1 Å². The van der Waals surface area contributed by atoms with Crippen LogP contribution in [-0.2, 0) is 17.6 Å². The molecule has 0 fully saturated rings. The lowest BCUT2D eigenvalue weighted by molar-refractivity contribution is 0.122. The van der Waals surface area contributed by atoms with Crippen LogP contribution in [0.2, 0.25) is 0 Å². The summed E-state index contributed by atoms with van der Waals surface area (Å²) < 4.78 is 5.55. The Morgan fingerprint density at radius 2 is 1.72 bits per heavy atom. The molecule has 0 saturated carbocycles. The SMILES string of the molecule is CCCNC(COCC)Cc1ccc(CC)cc1. The fourth-order valence-electron chi connectivity index (χ4n) is 1.99. The van der Waals surface area contributed by atoms with Gasteiger partial charge >= 0.3 is 0 Å². The van der Waals surface area contributed by atoms with Crippen LogP contribution in [-0.4, -0.2) is 25.8 Å². The van der Waals surface area contributed by atoms with Crippen LogP contribution in [0, 0.1) is 0 Å². The van der Waals surface area contributed by atoms with E-state index in [9.17, 15) is 0 Å². The quantitative estimate of drug-likeness (QED) is 0.725. The summed E-state index contributed by atoms with van der Waals surface area (Å²) in [5, 5.41) is 3.56. The first-order valence-electron chi connectivity index (χ1n) is 7.19. The molecule has 0 aliphatic rings. The van der Waals surface area contributed by atoms with Gasteiger partial charge in [-0.05, 0) is 43.9 Å². The lowest BCUT2D eigenvalue weighted by Gasteiger charge is -2.18. The molecule has 0 radical (unpaired) electrons. The normalized spacial score (nSPS) is 12.6. The van der Waals surface area contributed by atoms with E-state index in [4.69, 9.17) is 4.74 Å². The molecule has 1 N–H and O–H groups in total. The van der Waals surface area contributed by atoms with E-state index < -0.39 is 0 Å². The Balaban J connectivity index is 2.51. The van der Waals surface area contributed by atoms with Crippen molar-refractivity contribution in [3.05, 3.63) is 35.4 Å². The minimum Gasteiger partial charge on any atom is -0.380 e. The van der Waals surface area contributed by atoms with Gasteiger partial charge in [0.25, 0.3) is 0 Å². The van der Waals surface area contributed by atoms with Crippen molar-refractivity contribution in [3.63, 3.8) is 0 Å². The summed E-state index contributed by atoms with van der Waals surface area (Å²) in [5.41, 5.74) is 2.79. The highest BCUT2D eigenvalue weighted by molar-refractivity contribution is 5.23. The lowest BCUT2D eigenvalue weighted by Crippen LogP contribution is -2.36. The molecule has 0 saturated heterocycles. The molecular formula is C16H27NO. The molecule has 1 atom stereocenters. The van der Waals surface area contributed by atoms with Crippen molar-refractivity contribution in [2.45, 2.75) is 46.1 Å². The number of ether oxygens (including phenoxy) is 1. The molecule has 1 aromatic rings. The predicted molar refractivity (Wildman–Crippen MR) is 78.1 cm³/mol. The molecule has 1 rings (SSSR count). The summed E-state index contributed by atoms with van der Waals surface area (Å²) in [6.07, 6.45) is 3.32. The van der Waals surface area contributed by atoms with Gasteiger partial charge in [-0.25, -0.2) is 0 Å². The summed E-state index contributed by atoms with van der Waals surface area (Å²) in [7, 11) is 0. The minimum atomic E-state index is 0.428. The summed E-state index contributed by atoms with van der Waals surface area (Å²) in [4.78, 5) is 0. The van der Waals surface area contributed by atoms with Crippen molar-refractivity contribution in [2.75, 3.05) is 19.8 Å². The number of rotatable bonds is 9. The van der Waals surface area contributed by atoms with Gasteiger partial charge in [0.2, 0.25) is 0 Å². The van der Waals surface area contributed by atoms with Gasteiger partial charge in [-0.2, -0.15) is 0 Å². The Morgan fingerprint density at radius 3 is 2.28 bits per heavy atom. The third-order valence-corrected chi connectivity index (χ3v) is 3.12. The van der Waals surface area contributed by atoms with E-state index in [0.717, 1.165) is 39.0 Å². The monoisotopic (exact) mass is 249 g/mol. The second kappa shape index (κ2) is 9.12. The maximum atomic E-state index is 5.55. The van der Waals surface area contributed by atoms with E-state index in [1.807, 2.05) is 6.92 Å². The van der Waals surface area contributed by atoms with Gasteiger partial charge in [-0.1, -0.05) is 38.1 Å². The summed E-state index contributed by atoms with van der Waals surface area (Å²) in [6.45, 7) is 9.08. The maximum Gasteiger partial charge on any atom is 0.0622 e. The van der Waals surface area contributed by atoms with Crippen LogP contribution < -0.4 is 5.32 Å². The standard InChI is InChI=1S/C16H27NO/c1-4-11-17-16(13-18-6-3)12-15-9-7-14(5-2)8-10-15/h7-10,16-17H,4-6,11-13H2,1-3H3. The first kappa shape index (κ1) is 15.2. The Hall–Kier alpha value is -0.860. The zero-order valence-electron chi connectivity index (χ0n) is 12.0. The molecule has 2 heteroatoms. The zero-order valence-corrected chi connectivity index (χ0v) is 12.0. The Kier molecular flexibility index (Phi) is 7.70. The predicted octanol–water partition coefficient (Wildman–Crippen LogP) is 3.20. The van der Waals surface area contributed by atoms with Gasteiger partial charge in [0, 0.05) is 12.6 Å². The van der Waals surface area contributed by atoms with Crippen molar-refractivity contribution >= 4 is 0 Å². The fraction of sp³-hybridized carbons (Fsp3) is 0.625. The van der Waals surface area contributed by atoms with E-state index in [0.29, 0.717) is 6.04 Å². The third kappa shape index (κ3) is 5.65. The van der Waals surface area contributed by atoms with Crippen LogP contribution in [0.15, 0.2) is 24.3 Å². The molecule has 0 heterocycles. The second-order valence-electron chi connectivity index (χ2n) is 4.68. The highest BCUT2D eigenvalue weighted by Gasteiger charge is 2.08. The van der Waals surface area contributed by atoms with Crippen LogP contribution in [0.4, 0.5) is 0 Å². The molecule has 0 aliphatic carbocycles. The first-order valence-corrected chi connectivity index (χ1v) is 7.19. The van der Waals surface area contributed by atoms with Gasteiger partial charge in [-0.3, -0.25) is 0 Å². The van der Waals surface area contributed by atoms with Crippen LogP contribution in [0.3, 0.4) is 0 Å².